The number of aromatic nitrogens is 2. The number of nitrogens with zero attached hydrogens (tertiary/aromatic N) is 3. The third-order valence-electron chi connectivity index (χ3n) is 3.91. The highest BCUT2D eigenvalue weighted by atomic mass is 79.9. The van der Waals surface area contributed by atoms with Gasteiger partial charge in [-0.3, -0.25) is 14.2 Å². The molecule has 0 radical (unpaired) electrons. The van der Waals surface area contributed by atoms with Gasteiger partial charge in [-0.1, -0.05) is 34.1 Å². The summed E-state index contributed by atoms with van der Waals surface area (Å²) in [6, 6.07) is 14.8. The number of hydrogen-bond donors (Lipinski definition) is 0. The van der Waals surface area contributed by atoms with Gasteiger partial charge in [0.1, 0.15) is 6.54 Å². The van der Waals surface area contributed by atoms with E-state index >= 15 is 0 Å². The molecule has 1 heterocycles. The minimum atomic E-state index is -0.226. The summed E-state index contributed by atoms with van der Waals surface area (Å²) < 4.78 is 2.16. The molecule has 0 N–H and O–H groups in total. The highest BCUT2D eigenvalue weighted by Gasteiger charge is 2.20. The van der Waals surface area contributed by atoms with Crippen LogP contribution in [0.2, 0.25) is 0 Å². The van der Waals surface area contributed by atoms with Gasteiger partial charge in [0.05, 0.1) is 17.2 Å². The van der Waals surface area contributed by atoms with Crippen LogP contribution in [0.1, 0.15) is 13.8 Å². The number of para-hydroxylation sites is 1. The molecule has 0 aliphatic heterocycles. The zero-order valence-corrected chi connectivity index (χ0v) is 15.6. The van der Waals surface area contributed by atoms with E-state index in [9.17, 15) is 9.59 Å². The minimum Gasteiger partial charge on any atom is -0.308 e. The van der Waals surface area contributed by atoms with Crippen molar-refractivity contribution >= 4 is 38.4 Å². The van der Waals surface area contributed by atoms with E-state index < -0.39 is 0 Å². The lowest BCUT2D eigenvalue weighted by molar-refractivity contribution is -0.119. The van der Waals surface area contributed by atoms with Crippen molar-refractivity contribution < 1.29 is 4.79 Å². The van der Waals surface area contributed by atoms with Crippen LogP contribution < -0.4 is 10.5 Å². The van der Waals surface area contributed by atoms with Crippen molar-refractivity contribution in [1.29, 1.82) is 0 Å². The zero-order chi connectivity index (χ0) is 18.0. The van der Waals surface area contributed by atoms with Crippen LogP contribution in [0.25, 0.3) is 10.9 Å². The summed E-state index contributed by atoms with van der Waals surface area (Å²) in [6.07, 6.45) is 1.43. The number of rotatable bonds is 4. The molecule has 1 amide bonds. The molecule has 1 aromatic heterocycles. The third-order valence-corrected chi connectivity index (χ3v) is 4.40. The number of halogens is 1. The molecule has 0 spiro atoms. The Bertz CT molecular complexity index is 967. The first kappa shape index (κ1) is 17.4. The van der Waals surface area contributed by atoms with Crippen molar-refractivity contribution in [2.24, 2.45) is 0 Å². The van der Waals surface area contributed by atoms with Crippen molar-refractivity contribution in [3.8, 4) is 0 Å². The van der Waals surface area contributed by atoms with E-state index in [0.717, 1.165) is 10.2 Å². The van der Waals surface area contributed by atoms with Crippen LogP contribution in [-0.2, 0) is 11.3 Å². The molecule has 0 saturated heterocycles. The van der Waals surface area contributed by atoms with Crippen molar-refractivity contribution in [3.63, 3.8) is 0 Å². The van der Waals surface area contributed by atoms with Crippen LogP contribution in [0, 0.1) is 0 Å². The van der Waals surface area contributed by atoms with Crippen LogP contribution in [-0.4, -0.2) is 21.5 Å². The van der Waals surface area contributed by atoms with Gasteiger partial charge in [0.15, 0.2) is 0 Å². The Balaban J connectivity index is 1.95. The van der Waals surface area contributed by atoms with Crippen LogP contribution >= 0.6 is 15.9 Å². The maximum Gasteiger partial charge on any atom is 0.261 e. The molecule has 0 atom stereocenters. The molecule has 128 valence electrons. The van der Waals surface area contributed by atoms with Gasteiger partial charge in [0.2, 0.25) is 5.91 Å². The molecule has 5 nitrogen and oxygen atoms in total. The summed E-state index contributed by atoms with van der Waals surface area (Å²) in [5.41, 5.74) is 1.20. The molecule has 3 rings (SSSR count). The van der Waals surface area contributed by atoms with Crippen molar-refractivity contribution in [3.05, 3.63) is 69.7 Å². The highest BCUT2D eigenvalue weighted by molar-refractivity contribution is 9.10. The minimum absolute atomic E-state index is 0.0202. The number of amides is 1. The average Bonchev–Trinajstić information content (AvgIpc) is 2.58. The molecule has 0 fully saturated rings. The van der Waals surface area contributed by atoms with E-state index in [1.807, 2.05) is 50.2 Å². The lowest BCUT2D eigenvalue weighted by atomic mass is 10.2. The Hall–Kier alpha value is -2.47. The lowest BCUT2D eigenvalue weighted by Crippen LogP contribution is -2.41. The number of carbonyl (C=O) groups excluding carboxylic acids is 1. The van der Waals surface area contributed by atoms with E-state index in [4.69, 9.17) is 0 Å². The summed E-state index contributed by atoms with van der Waals surface area (Å²) in [5, 5.41) is 0.487. The maximum atomic E-state index is 12.8. The maximum absolute atomic E-state index is 12.8. The van der Waals surface area contributed by atoms with Gasteiger partial charge in [-0.05, 0) is 44.2 Å². The van der Waals surface area contributed by atoms with Gasteiger partial charge in [-0.2, -0.15) is 0 Å². The van der Waals surface area contributed by atoms with Crippen molar-refractivity contribution in [2.75, 3.05) is 4.90 Å². The second-order valence-electron chi connectivity index (χ2n) is 6.03. The third kappa shape index (κ3) is 3.64. The molecule has 25 heavy (non-hydrogen) atoms. The normalized spacial score (nSPS) is 11.0. The van der Waals surface area contributed by atoms with Gasteiger partial charge in [-0.15, -0.1) is 0 Å². The number of anilines is 1. The molecule has 2 aromatic carbocycles. The lowest BCUT2D eigenvalue weighted by Gasteiger charge is -2.27. The number of fused-ring (bicyclic) bond motifs is 1. The standard InChI is InChI=1S/C19H18BrN3O2/c1-13(2)23(15-6-4-3-5-7-15)18(24)11-22-12-21-17-9-8-14(20)10-16(17)19(22)25/h3-10,12-13H,11H2,1-2H3. The van der Waals surface area contributed by atoms with Crippen molar-refractivity contribution in [2.45, 2.75) is 26.4 Å². The van der Waals surface area contributed by atoms with E-state index in [2.05, 4.69) is 20.9 Å². The fourth-order valence-corrected chi connectivity index (χ4v) is 3.15. The fraction of sp³-hybridized carbons (Fsp3) is 0.211. The summed E-state index contributed by atoms with van der Waals surface area (Å²) >= 11 is 3.36. The van der Waals surface area contributed by atoms with Gasteiger partial charge in [0, 0.05) is 16.2 Å². The van der Waals surface area contributed by atoms with Gasteiger partial charge >= 0.3 is 0 Å². The van der Waals surface area contributed by atoms with Gasteiger partial charge < -0.3 is 4.90 Å². The molecule has 0 saturated carbocycles. The first-order chi connectivity index (χ1) is 12.0. The van der Waals surface area contributed by atoms with Gasteiger partial charge in [0.25, 0.3) is 5.56 Å². The highest BCUT2D eigenvalue weighted by Crippen LogP contribution is 2.18. The molecule has 6 heteroatoms. The summed E-state index contributed by atoms with van der Waals surface area (Å²) in [4.78, 5) is 31.5. The molecular weight excluding hydrogens is 382 g/mol. The van der Waals surface area contributed by atoms with E-state index in [1.165, 1.54) is 10.9 Å². The van der Waals surface area contributed by atoms with Crippen LogP contribution in [0.4, 0.5) is 5.69 Å². The topological polar surface area (TPSA) is 55.2 Å². The fourth-order valence-electron chi connectivity index (χ4n) is 2.78. The molecule has 0 aliphatic rings. The predicted molar refractivity (Wildman–Crippen MR) is 103 cm³/mol. The Kier molecular flexibility index (Phi) is 4.99. The molecule has 0 bridgehead atoms. The summed E-state index contributed by atoms with van der Waals surface area (Å²) in [7, 11) is 0. The first-order valence-electron chi connectivity index (χ1n) is 7.99. The smallest absolute Gasteiger partial charge is 0.261 e. The van der Waals surface area contributed by atoms with Crippen molar-refractivity contribution in [1.82, 2.24) is 9.55 Å². The Morgan fingerprint density at radius 3 is 2.60 bits per heavy atom. The molecule has 3 aromatic rings. The first-order valence-corrected chi connectivity index (χ1v) is 8.78. The zero-order valence-electron chi connectivity index (χ0n) is 14.0. The second kappa shape index (κ2) is 7.19. The van der Waals surface area contributed by atoms with Crippen LogP contribution in [0.15, 0.2) is 64.1 Å². The number of benzene rings is 2. The monoisotopic (exact) mass is 399 g/mol. The molecular formula is C19H18BrN3O2. The number of carbonyl (C=O) groups is 1. The SMILES string of the molecule is CC(C)N(C(=O)Cn1cnc2ccc(Br)cc2c1=O)c1ccccc1. The molecule has 0 unspecified atom stereocenters. The molecule has 0 aliphatic carbocycles. The quantitative estimate of drug-likeness (QED) is 0.673. The van der Waals surface area contributed by atoms with E-state index in [1.54, 1.807) is 17.0 Å². The van der Waals surface area contributed by atoms with E-state index in [-0.39, 0.29) is 24.1 Å². The number of hydrogen-bond acceptors (Lipinski definition) is 3. The summed E-state index contributed by atoms with van der Waals surface area (Å²) in [6.45, 7) is 3.84. The Morgan fingerprint density at radius 2 is 1.92 bits per heavy atom. The van der Waals surface area contributed by atoms with Gasteiger partial charge in [-0.25, -0.2) is 4.98 Å². The van der Waals surface area contributed by atoms with E-state index in [0.29, 0.717) is 10.9 Å². The Morgan fingerprint density at radius 1 is 1.20 bits per heavy atom. The average molecular weight is 400 g/mol. The van der Waals surface area contributed by atoms with Crippen LogP contribution in [0.5, 0.6) is 0 Å². The van der Waals surface area contributed by atoms with Crippen LogP contribution in [0.3, 0.4) is 0 Å². The largest absolute Gasteiger partial charge is 0.308 e. The Labute approximate surface area is 154 Å². The predicted octanol–water partition coefficient (Wildman–Crippen LogP) is 3.60. The second-order valence-corrected chi connectivity index (χ2v) is 6.95. The summed E-state index contributed by atoms with van der Waals surface area (Å²) in [5.74, 6) is -0.153.